The molecule has 2 amide bonds. The minimum atomic E-state index is 0. The number of hydrogen-bond donors (Lipinski definition) is 3. The van der Waals surface area contributed by atoms with Gasteiger partial charge in [0.15, 0.2) is 0 Å². The Kier molecular flexibility index (Phi) is 4.34. The van der Waals surface area contributed by atoms with Crippen molar-refractivity contribution in [3.63, 3.8) is 0 Å². The molecule has 1 saturated heterocycles. The van der Waals surface area contributed by atoms with E-state index in [2.05, 4.69) is 16.0 Å². The van der Waals surface area contributed by atoms with Gasteiger partial charge < -0.3 is 16.0 Å². The van der Waals surface area contributed by atoms with Crippen molar-refractivity contribution < 1.29 is 9.59 Å². The van der Waals surface area contributed by atoms with E-state index in [1.54, 1.807) is 0 Å². The number of carbonyl (C=O) groups excluding carboxylic acids is 2. The zero-order valence-corrected chi connectivity index (χ0v) is 13.8. The SMILES string of the molecule is Cl.O=C1CCc2ccc(NC(=O)C3CC34CCNCC4)cc2N1. The Morgan fingerprint density at radius 3 is 2.78 bits per heavy atom. The van der Waals surface area contributed by atoms with Crippen LogP contribution in [-0.4, -0.2) is 24.9 Å². The lowest BCUT2D eigenvalue weighted by atomic mass is 9.91. The molecule has 5 nitrogen and oxygen atoms in total. The zero-order chi connectivity index (χ0) is 15.2. The Bertz CT molecular complexity index is 641. The van der Waals surface area contributed by atoms with Gasteiger partial charge >= 0.3 is 0 Å². The summed E-state index contributed by atoms with van der Waals surface area (Å²) in [5.41, 5.74) is 3.00. The number of benzene rings is 1. The Morgan fingerprint density at radius 2 is 2.00 bits per heavy atom. The highest BCUT2D eigenvalue weighted by Gasteiger charge is 2.57. The van der Waals surface area contributed by atoms with E-state index in [-0.39, 0.29) is 35.6 Å². The molecule has 1 aromatic carbocycles. The van der Waals surface area contributed by atoms with Crippen LogP contribution in [0.5, 0.6) is 0 Å². The molecule has 3 aliphatic rings. The summed E-state index contributed by atoms with van der Waals surface area (Å²) in [7, 11) is 0. The van der Waals surface area contributed by atoms with E-state index >= 15 is 0 Å². The third-order valence-corrected chi connectivity index (χ3v) is 5.38. The summed E-state index contributed by atoms with van der Waals surface area (Å²) >= 11 is 0. The van der Waals surface area contributed by atoms with Crippen LogP contribution in [0.25, 0.3) is 0 Å². The molecule has 1 aliphatic carbocycles. The molecule has 6 heteroatoms. The van der Waals surface area contributed by atoms with Crippen LogP contribution < -0.4 is 16.0 Å². The van der Waals surface area contributed by atoms with E-state index in [1.165, 1.54) is 0 Å². The maximum atomic E-state index is 12.5. The third-order valence-electron chi connectivity index (χ3n) is 5.38. The van der Waals surface area contributed by atoms with E-state index in [0.717, 1.165) is 55.7 Å². The van der Waals surface area contributed by atoms with Crippen molar-refractivity contribution in [1.29, 1.82) is 0 Å². The fourth-order valence-electron chi connectivity index (χ4n) is 3.87. The van der Waals surface area contributed by atoms with Gasteiger partial charge in [0.05, 0.1) is 0 Å². The van der Waals surface area contributed by atoms with Gasteiger partial charge in [-0.3, -0.25) is 9.59 Å². The van der Waals surface area contributed by atoms with E-state index in [9.17, 15) is 9.59 Å². The van der Waals surface area contributed by atoms with Gasteiger partial charge in [-0.15, -0.1) is 12.4 Å². The van der Waals surface area contributed by atoms with E-state index in [4.69, 9.17) is 0 Å². The molecule has 1 aromatic rings. The number of amides is 2. The second-order valence-electron chi connectivity index (χ2n) is 6.78. The fraction of sp³-hybridized carbons (Fsp3) is 0.529. The molecule has 1 saturated carbocycles. The number of hydrogen-bond acceptors (Lipinski definition) is 3. The van der Waals surface area contributed by atoms with Gasteiger partial charge in [-0.1, -0.05) is 6.07 Å². The number of rotatable bonds is 2. The van der Waals surface area contributed by atoms with Gasteiger partial charge in [0.2, 0.25) is 11.8 Å². The Hall–Kier alpha value is -1.59. The second kappa shape index (κ2) is 6.13. The zero-order valence-electron chi connectivity index (χ0n) is 13.0. The highest BCUT2D eigenvalue weighted by atomic mass is 35.5. The maximum Gasteiger partial charge on any atom is 0.228 e. The van der Waals surface area contributed by atoms with Gasteiger partial charge in [-0.25, -0.2) is 0 Å². The van der Waals surface area contributed by atoms with Crippen molar-refractivity contribution in [2.24, 2.45) is 11.3 Å². The number of aryl methyl sites for hydroxylation is 1. The standard InChI is InChI=1S/C17H21N3O2.ClH/c21-15-4-2-11-1-3-12(9-14(11)20-15)19-16(22)13-10-17(13)5-7-18-8-6-17;/h1,3,9,13,18H,2,4-8,10H2,(H,19,22)(H,20,21);1H. The largest absolute Gasteiger partial charge is 0.326 e. The number of fused-ring (bicyclic) bond motifs is 1. The molecule has 2 fully saturated rings. The second-order valence-corrected chi connectivity index (χ2v) is 6.78. The van der Waals surface area contributed by atoms with E-state index < -0.39 is 0 Å². The van der Waals surface area contributed by atoms with Crippen LogP contribution in [0, 0.1) is 11.3 Å². The predicted molar refractivity (Wildman–Crippen MR) is 91.9 cm³/mol. The molecule has 2 aliphatic heterocycles. The number of piperidine rings is 1. The fourth-order valence-corrected chi connectivity index (χ4v) is 3.87. The van der Waals surface area contributed by atoms with Crippen LogP contribution in [0.1, 0.15) is 31.2 Å². The van der Waals surface area contributed by atoms with Crippen molar-refractivity contribution >= 4 is 35.6 Å². The predicted octanol–water partition coefficient (Wildman–Crippen LogP) is 2.32. The molecule has 1 spiro atoms. The molecule has 4 rings (SSSR count). The average molecular weight is 336 g/mol. The van der Waals surface area contributed by atoms with Crippen molar-refractivity contribution in [1.82, 2.24) is 5.32 Å². The number of nitrogens with one attached hydrogen (secondary N) is 3. The number of halogens is 1. The highest BCUT2D eigenvalue weighted by molar-refractivity contribution is 5.98. The van der Waals surface area contributed by atoms with Gasteiger partial charge in [0, 0.05) is 23.7 Å². The molecule has 23 heavy (non-hydrogen) atoms. The quantitative estimate of drug-likeness (QED) is 0.776. The van der Waals surface area contributed by atoms with Crippen LogP contribution in [0.4, 0.5) is 11.4 Å². The minimum Gasteiger partial charge on any atom is -0.326 e. The minimum absolute atomic E-state index is 0. The maximum absolute atomic E-state index is 12.5. The normalized spacial score (nSPS) is 24.2. The lowest BCUT2D eigenvalue weighted by molar-refractivity contribution is -0.118. The van der Waals surface area contributed by atoms with Crippen molar-refractivity contribution in [3.05, 3.63) is 23.8 Å². The average Bonchev–Trinajstić information content (AvgIpc) is 3.21. The van der Waals surface area contributed by atoms with E-state index in [0.29, 0.717) is 6.42 Å². The molecular formula is C17H22ClN3O2. The summed E-state index contributed by atoms with van der Waals surface area (Å²) in [5.74, 6) is 0.330. The highest BCUT2D eigenvalue weighted by Crippen LogP contribution is 2.58. The van der Waals surface area contributed by atoms with Crippen molar-refractivity contribution in [3.8, 4) is 0 Å². The molecule has 0 radical (unpaired) electrons. The first-order chi connectivity index (χ1) is 10.7. The summed E-state index contributed by atoms with van der Waals surface area (Å²) in [6.07, 6.45) is 4.53. The first kappa shape index (κ1) is 16.3. The molecule has 0 bridgehead atoms. The first-order valence-electron chi connectivity index (χ1n) is 8.11. The van der Waals surface area contributed by atoms with Crippen LogP contribution in [0.2, 0.25) is 0 Å². The molecule has 1 atom stereocenters. The van der Waals surface area contributed by atoms with Gasteiger partial charge in [0.1, 0.15) is 0 Å². The lowest BCUT2D eigenvalue weighted by Gasteiger charge is -2.23. The van der Waals surface area contributed by atoms with Crippen LogP contribution >= 0.6 is 12.4 Å². The number of anilines is 2. The molecule has 2 heterocycles. The lowest BCUT2D eigenvalue weighted by Crippen LogP contribution is -2.31. The van der Waals surface area contributed by atoms with E-state index in [1.807, 2.05) is 18.2 Å². The number of carbonyl (C=O) groups is 2. The van der Waals surface area contributed by atoms with Crippen LogP contribution in [0.15, 0.2) is 18.2 Å². The monoisotopic (exact) mass is 335 g/mol. The molecule has 124 valence electrons. The van der Waals surface area contributed by atoms with Gasteiger partial charge in [-0.05, 0) is 61.9 Å². The molecule has 1 unspecified atom stereocenters. The first-order valence-corrected chi connectivity index (χ1v) is 8.11. The molecule has 0 aromatic heterocycles. The van der Waals surface area contributed by atoms with Gasteiger partial charge in [0.25, 0.3) is 0 Å². The summed E-state index contributed by atoms with van der Waals surface area (Å²) in [6.45, 7) is 2.04. The van der Waals surface area contributed by atoms with Crippen LogP contribution in [0.3, 0.4) is 0 Å². The molecular weight excluding hydrogens is 314 g/mol. The molecule has 3 N–H and O–H groups in total. The Labute approximate surface area is 142 Å². The Balaban J connectivity index is 0.00000156. The smallest absolute Gasteiger partial charge is 0.228 e. The van der Waals surface area contributed by atoms with Crippen molar-refractivity contribution in [2.75, 3.05) is 23.7 Å². The van der Waals surface area contributed by atoms with Crippen LogP contribution in [-0.2, 0) is 16.0 Å². The van der Waals surface area contributed by atoms with Gasteiger partial charge in [-0.2, -0.15) is 0 Å². The topological polar surface area (TPSA) is 70.2 Å². The summed E-state index contributed by atoms with van der Waals surface area (Å²) < 4.78 is 0. The summed E-state index contributed by atoms with van der Waals surface area (Å²) in [4.78, 5) is 23.9. The summed E-state index contributed by atoms with van der Waals surface area (Å²) in [6, 6.07) is 5.81. The Morgan fingerprint density at radius 1 is 1.22 bits per heavy atom. The summed E-state index contributed by atoms with van der Waals surface area (Å²) in [5, 5.41) is 9.26. The van der Waals surface area contributed by atoms with Crippen molar-refractivity contribution in [2.45, 2.75) is 32.1 Å². The third kappa shape index (κ3) is 3.08.